The summed E-state index contributed by atoms with van der Waals surface area (Å²) in [5, 5.41) is 9.35. The van der Waals surface area contributed by atoms with Crippen molar-refractivity contribution in [1.29, 1.82) is 5.26 Å². The first-order valence-corrected chi connectivity index (χ1v) is 6.46. The summed E-state index contributed by atoms with van der Waals surface area (Å²) < 4.78 is 5.74. The van der Waals surface area contributed by atoms with E-state index >= 15 is 0 Å². The molecule has 1 saturated carbocycles. The van der Waals surface area contributed by atoms with Crippen molar-refractivity contribution in [3.63, 3.8) is 0 Å². The summed E-state index contributed by atoms with van der Waals surface area (Å²) in [7, 11) is 0. The molecule has 0 amide bonds. The van der Waals surface area contributed by atoms with Gasteiger partial charge in [-0.25, -0.2) is 0 Å². The van der Waals surface area contributed by atoms with Gasteiger partial charge in [0.2, 0.25) is 0 Å². The van der Waals surface area contributed by atoms with E-state index in [9.17, 15) is 5.26 Å². The number of hydrogen-bond acceptors (Lipinski definition) is 2. The third-order valence-electron chi connectivity index (χ3n) is 3.64. The van der Waals surface area contributed by atoms with Crippen molar-refractivity contribution in [3.8, 4) is 6.07 Å². The van der Waals surface area contributed by atoms with E-state index < -0.39 is 0 Å². The Labute approximate surface area is 100.0 Å². The van der Waals surface area contributed by atoms with Crippen LogP contribution in [0, 0.1) is 22.7 Å². The fourth-order valence-electron chi connectivity index (χ4n) is 2.52. The van der Waals surface area contributed by atoms with Gasteiger partial charge in [-0.3, -0.25) is 0 Å². The lowest BCUT2D eigenvalue weighted by atomic mass is 9.83. The fraction of sp³-hybridized carbons (Fsp3) is 0.929. The largest absolute Gasteiger partial charge is 0.376 e. The monoisotopic (exact) mass is 223 g/mol. The van der Waals surface area contributed by atoms with Crippen LogP contribution in [0.2, 0.25) is 0 Å². The Morgan fingerprint density at radius 2 is 2.12 bits per heavy atom. The molecule has 0 aliphatic heterocycles. The van der Waals surface area contributed by atoms with Crippen LogP contribution in [0.3, 0.4) is 0 Å². The minimum atomic E-state index is -0.0913. The van der Waals surface area contributed by atoms with Gasteiger partial charge in [0.05, 0.1) is 17.1 Å². The summed E-state index contributed by atoms with van der Waals surface area (Å²) in [5.41, 5.74) is -0.175. The van der Waals surface area contributed by atoms with Crippen LogP contribution in [0.25, 0.3) is 0 Å². The Kier molecular flexibility index (Phi) is 4.38. The van der Waals surface area contributed by atoms with Crippen LogP contribution in [0.5, 0.6) is 0 Å². The second kappa shape index (κ2) is 5.19. The SMILES string of the molecule is CCC1CCC(C#N)(CCOC(C)(C)C)C1. The second-order valence-electron chi connectivity index (χ2n) is 6.12. The number of nitrogens with zero attached hydrogens (tertiary/aromatic N) is 1. The van der Waals surface area contributed by atoms with Gasteiger partial charge in [0.1, 0.15) is 0 Å². The van der Waals surface area contributed by atoms with Crippen LogP contribution in [-0.2, 0) is 4.74 Å². The molecule has 0 aromatic rings. The third-order valence-corrected chi connectivity index (χ3v) is 3.64. The summed E-state index contributed by atoms with van der Waals surface area (Å²) in [6.07, 6.45) is 5.48. The maximum Gasteiger partial charge on any atom is 0.0690 e. The molecule has 1 rings (SSSR count). The molecule has 1 aliphatic carbocycles. The van der Waals surface area contributed by atoms with E-state index in [2.05, 4.69) is 33.8 Å². The van der Waals surface area contributed by atoms with E-state index in [-0.39, 0.29) is 11.0 Å². The van der Waals surface area contributed by atoms with Gasteiger partial charge in [-0.15, -0.1) is 0 Å². The van der Waals surface area contributed by atoms with Crippen molar-refractivity contribution in [3.05, 3.63) is 0 Å². The van der Waals surface area contributed by atoms with Gasteiger partial charge in [-0.1, -0.05) is 13.3 Å². The molecule has 0 aromatic carbocycles. The van der Waals surface area contributed by atoms with Crippen molar-refractivity contribution in [2.75, 3.05) is 6.61 Å². The van der Waals surface area contributed by atoms with Crippen LogP contribution in [0.15, 0.2) is 0 Å². The van der Waals surface area contributed by atoms with E-state index in [4.69, 9.17) is 4.74 Å². The predicted molar refractivity (Wildman–Crippen MR) is 66.0 cm³/mol. The molecule has 2 nitrogen and oxygen atoms in total. The quantitative estimate of drug-likeness (QED) is 0.724. The van der Waals surface area contributed by atoms with Crippen LogP contribution < -0.4 is 0 Å². The smallest absolute Gasteiger partial charge is 0.0690 e. The number of hydrogen-bond donors (Lipinski definition) is 0. The van der Waals surface area contributed by atoms with Gasteiger partial charge in [0, 0.05) is 6.61 Å². The van der Waals surface area contributed by atoms with Gasteiger partial charge in [0.15, 0.2) is 0 Å². The molecule has 1 fully saturated rings. The number of nitriles is 1. The third kappa shape index (κ3) is 3.79. The molecule has 1 aliphatic rings. The highest BCUT2D eigenvalue weighted by Crippen LogP contribution is 2.45. The standard InChI is InChI=1S/C14H25NO/c1-5-12-6-7-14(10-12,11-15)8-9-16-13(2,3)4/h12H,5-10H2,1-4H3. The average molecular weight is 223 g/mol. The molecule has 0 N–H and O–H groups in total. The zero-order valence-corrected chi connectivity index (χ0v) is 11.2. The highest BCUT2D eigenvalue weighted by Gasteiger charge is 2.38. The Balaban J connectivity index is 2.42. The van der Waals surface area contributed by atoms with E-state index in [1.54, 1.807) is 0 Å². The van der Waals surface area contributed by atoms with Gasteiger partial charge >= 0.3 is 0 Å². The highest BCUT2D eigenvalue weighted by molar-refractivity contribution is 5.03. The minimum Gasteiger partial charge on any atom is -0.376 e. The van der Waals surface area contributed by atoms with E-state index in [1.807, 2.05) is 0 Å². The molecular formula is C14H25NO. The Bertz CT molecular complexity index is 261. The van der Waals surface area contributed by atoms with Gasteiger partial charge in [-0.2, -0.15) is 5.26 Å². The lowest BCUT2D eigenvalue weighted by Gasteiger charge is -2.25. The molecule has 0 saturated heterocycles. The highest BCUT2D eigenvalue weighted by atomic mass is 16.5. The van der Waals surface area contributed by atoms with Crippen molar-refractivity contribution in [2.24, 2.45) is 11.3 Å². The molecule has 2 unspecified atom stereocenters. The summed E-state index contributed by atoms with van der Waals surface area (Å²) in [6, 6.07) is 2.55. The second-order valence-corrected chi connectivity index (χ2v) is 6.12. The fourth-order valence-corrected chi connectivity index (χ4v) is 2.52. The van der Waals surface area contributed by atoms with Crippen LogP contribution in [0.4, 0.5) is 0 Å². The summed E-state index contributed by atoms with van der Waals surface area (Å²) in [4.78, 5) is 0. The zero-order valence-electron chi connectivity index (χ0n) is 11.2. The normalized spacial score (nSPS) is 30.3. The molecule has 0 aromatic heterocycles. The average Bonchev–Trinajstić information content (AvgIpc) is 2.60. The molecule has 2 atom stereocenters. The molecule has 0 spiro atoms. The maximum absolute atomic E-state index is 9.35. The van der Waals surface area contributed by atoms with Crippen molar-refractivity contribution in [1.82, 2.24) is 0 Å². The van der Waals surface area contributed by atoms with Crippen LogP contribution in [-0.4, -0.2) is 12.2 Å². The van der Waals surface area contributed by atoms with Crippen LogP contribution >= 0.6 is 0 Å². The molecule has 0 radical (unpaired) electrons. The first kappa shape index (κ1) is 13.5. The van der Waals surface area contributed by atoms with Crippen molar-refractivity contribution < 1.29 is 4.74 Å². The lowest BCUT2D eigenvalue weighted by Crippen LogP contribution is -2.24. The summed E-state index contributed by atoms with van der Waals surface area (Å²) in [6.45, 7) is 9.14. The predicted octanol–water partition coefficient (Wildman–Crippen LogP) is 3.91. The summed E-state index contributed by atoms with van der Waals surface area (Å²) in [5.74, 6) is 0.759. The van der Waals surface area contributed by atoms with Gasteiger partial charge in [0.25, 0.3) is 0 Å². The van der Waals surface area contributed by atoms with E-state index in [0.717, 1.165) is 25.2 Å². The maximum atomic E-state index is 9.35. The van der Waals surface area contributed by atoms with Crippen LogP contribution in [0.1, 0.15) is 59.8 Å². The Hall–Kier alpha value is -0.550. The number of ether oxygens (including phenoxy) is 1. The molecule has 0 bridgehead atoms. The van der Waals surface area contributed by atoms with Gasteiger partial charge in [-0.05, 0) is 52.4 Å². The topological polar surface area (TPSA) is 33.0 Å². The Morgan fingerprint density at radius 3 is 2.56 bits per heavy atom. The first-order chi connectivity index (χ1) is 7.41. The summed E-state index contributed by atoms with van der Waals surface area (Å²) >= 11 is 0. The molecule has 92 valence electrons. The van der Waals surface area contributed by atoms with E-state index in [1.165, 1.54) is 12.8 Å². The van der Waals surface area contributed by atoms with E-state index in [0.29, 0.717) is 6.61 Å². The van der Waals surface area contributed by atoms with Crippen molar-refractivity contribution in [2.45, 2.75) is 65.4 Å². The lowest BCUT2D eigenvalue weighted by molar-refractivity contribution is -0.0136. The molecular weight excluding hydrogens is 198 g/mol. The first-order valence-electron chi connectivity index (χ1n) is 6.46. The van der Waals surface area contributed by atoms with Gasteiger partial charge < -0.3 is 4.74 Å². The Morgan fingerprint density at radius 1 is 1.44 bits per heavy atom. The minimum absolute atomic E-state index is 0.0839. The molecule has 2 heteroatoms. The molecule has 0 heterocycles. The zero-order chi connectivity index (χ0) is 12.2. The van der Waals surface area contributed by atoms with Crippen molar-refractivity contribution >= 4 is 0 Å². The molecule has 16 heavy (non-hydrogen) atoms. The number of rotatable bonds is 4.